The normalized spacial score (nSPS) is 10.5. The molecule has 0 aliphatic heterocycles. The number of nitriles is 1. The number of nitrogens with zero attached hydrogens (tertiary/aromatic N) is 4. The first-order chi connectivity index (χ1) is 8.95. The fraction of sp³-hybridized carbons (Fsp3) is 0.500. The summed E-state index contributed by atoms with van der Waals surface area (Å²) in [5, 5.41) is 22.5. The van der Waals surface area contributed by atoms with Gasteiger partial charge < -0.3 is 10.2 Å². The van der Waals surface area contributed by atoms with Gasteiger partial charge in [-0.1, -0.05) is 0 Å². The lowest BCUT2D eigenvalue weighted by atomic mass is 10.3. The van der Waals surface area contributed by atoms with Crippen LogP contribution in [0, 0.1) is 21.4 Å². The van der Waals surface area contributed by atoms with Crippen molar-refractivity contribution in [1.82, 2.24) is 9.88 Å². The summed E-state index contributed by atoms with van der Waals surface area (Å²) < 4.78 is 0. The van der Waals surface area contributed by atoms with Crippen LogP contribution in [0.1, 0.15) is 19.5 Å². The Morgan fingerprint density at radius 2 is 2.26 bits per heavy atom. The van der Waals surface area contributed by atoms with Crippen LogP contribution in [0.4, 0.5) is 11.5 Å². The third-order valence-corrected chi connectivity index (χ3v) is 2.83. The highest BCUT2D eigenvalue weighted by atomic mass is 16.6. The molecule has 7 heteroatoms. The quantitative estimate of drug-likeness (QED) is 0.619. The van der Waals surface area contributed by atoms with E-state index in [1.165, 1.54) is 12.1 Å². The number of likely N-dealkylation sites (N-methyl/N-ethyl adjacent to an activating group) is 1. The summed E-state index contributed by atoms with van der Waals surface area (Å²) in [5.41, 5.74) is -0.445. The molecule has 0 amide bonds. The molecule has 0 saturated heterocycles. The Hall–Kier alpha value is -2.20. The van der Waals surface area contributed by atoms with Gasteiger partial charge in [-0.05, 0) is 27.0 Å². The molecule has 0 unspecified atom stereocenters. The number of pyridine rings is 1. The minimum Gasteiger partial charge on any atom is -0.369 e. The monoisotopic (exact) mass is 263 g/mol. The van der Waals surface area contributed by atoms with Crippen LogP contribution in [0.25, 0.3) is 0 Å². The van der Waals surface area contributed by atoms with Crippen molar-refractivity contribution >= 4 is 11.5 Å². The molecular formula is C12H17N5O2. The van der Waals surface area contributed by atoms with Gasteiger partial charge in [0, 0.05) is 25.2 Å². The van der Waals surface area contributed by atoms with Crippen LogP contribution in [0.5, 0.6) is 0 Å². The molecule has 0 aromatic carbocycles. The predicted octanol–water partition coefficient (Wildman–Crippen LogP) is 1.61. The molecule has 19 heavy (non-hydrogen) atoms. The molecule has 7 nitrogen and oxygen atoms in total. The van der Waals surface area contributed by atoms with Crippen molar-refractivity contribution in [1.29, 1.82) is 5.26 Å². The van der Waals surface area contributed by atoms with E-state index in [-0.39, 0.29) is 11.4 Å². The van der Waals surface area contributed by atoms with Gasteiger partial charge in [-0.25, -0.2) is 4.98 Å². The third-order valence-electron chi connectivity index (χ3n) is 2.83. The van der Waals surface area contributed by atoms with E-state index < -0.39 is 4.92 Å². The number of aromatic nitrogens is 1. The molecule has 0 aliphatic rings. The minimum atomic E-state index is -0.609. The van der Waals surface area contributed by atoms with Gasteiger partial charge in [0.15, 0.2) is 0 Å². The Balaban J connectivity index is 2.66. The highest BCUT2D eigenvalue weighted by Crippen LogP contribution is 2.17. The summed E-state index contributed by atoms with van der Waals surface area (Å²) in [7, 11) is 2.01. The van der Waals surface area contributed by atoms with Crippen LogP contribution >= 0.6 is 0 Å². The Kier molecular flexibility index (Phi) is 5.21. The number of hydrogen-bond acceptors (Lipinski definition) is 6. The fourth-order valence-corrected chi connectivity index (χ4v) is 1.40. The molecule has 0 fully saturated rings. The average molecular weight is 263 g/mol. The first kappa shape index (κ1) is 14.9. The van der Waals surface area contributed by atoms with E-state index >= 15 is 0 Å². The Morgan fingerprint density at radius 1 is 1.58 bits per heavy atom. The highest BCUT2D eigenvalue weighted by molar-refractivity contribution is 5.50. The van der Waals surface area contributed by atoms with Gasteiger partial charge in [-0.2, -0.15) is 5.26 Å². The lowest BCUT2D eigenvalue weighted by Crippen LogP contribution is -2.31. The number of hydrogen-bond donors (Lipinski definition) is 1. The van der Waals surface area contributed by atoms with Gasteiger partial charge >= 0.3 is 5.69 Å². The lowest BCUT2D eigenvalue weighted by molar-refractivity contribution is -0.385. The van der Waals surface area contributed by atoms with Crippen molar-refractivity contribution in [2.24, 2.45) is 0 Å². The van der Waals surface area contributed by atoms with Crippen molar-refractivity contribution in [3.63, 3.8) is 0 Å². The Bertz CT molecular complexity index is 495. The van der Waals surface area contributed by atoms with Crippen LogP contribution in [0.15, 0.2) is 12.1 Å². The van der Waals surface area contributed by atoms with Gasteiger partial charge in [-0.3, -0.25) is 10.1 Å². The van der Waals surface area contributed by atoms with Crippen molar-refractivity contribution in [2.75, 3.05) is 25.5 Å². The standard InChI is InChI=1S/C12H17N5O2/c1-9(2)16(3)7-6-14-12-5-4-11(17(18)19)10(8-13)15-12/h4-5,9H,6-7H2,1-3H3,(H,14,15). The third kappa shape index (κ3) is 4.19. The summed E-state index contributed by atoms with van der Waals surface area (Å²) in [6.07, 6.45) is 0. The predicted molar refractivity (Wildman–Crippen MR) is 71.9 cm³/mol. The molecule has 1 rings (SSSR count). The van der Waals surface area contributed by atoms with E-state index in [0.29, 0.717) is 18.4 Å². The number of nitro groups is 1. The Labute approximate surface area is 112 Å². The van der Waals surface area contributed by atoms with E-state index in [9.17, 15) is 10.1 Å². The molecule has 0 aliphatic carbocycles. The van der Waals surface area contributed by atoms with Gasteiger partial charge in [0.1, 0.15) is 11.9 Å². The van der Waals surface area contributed by atoms with Gasteiger partial charge in [0.05, 0.1) is 4.92 Å². The molecule has 0 spiro atoms. The molecule has 1 aromatic heterocycles. The summed E-state index contributed by atoms with van der Waals surface area (Å²) >= 11 is 0. The summed E-state index contributed by atoms with van der Waals surface area (Å²) in [6.45, 7) is 5.67. The zero-order valence-corrected chi connectivity index (χ0v) is 11.3. The van der Waals surface area contributed by atoms with Crippen molar-refractivity contribution < 1.29 is 4.92 Å². The van der Waals surface area contributed by atoms with Crippen molar-refractivity contribution in [2.45, 2.75) is 19.9 Å². The highest BCUT2D eigenvalue weighted by Gasteiger charge is 2.15. The summed E-state index contributed by atoms with van der Waals surface area (Å²) in [4.78, 5) is 16.1. The number of anilines is 1. The maximum atomic E-state index is 10.7. The maximum absolute atomic E-state index is 10.7. The number of rotatable bonds is 6. The van der Waals surface area contributed by atoms with Gasteiger partial charge in [-0.15, -0.1) is 0 Å². The topological polar surface area (TPSA) is 95.1 Å². The molecule has 102 valence electrons. The van der Waals surface area contributed by atoms with Crippen LogP contribution in [-0.4, -0.2) is 41.0 Å². The molecule has 0 atom stereocenters. The van der Waals surface area contributed by atoms with Crippen LogP contribution < -0.4 is 5.32 Å². The Morgan fingerprint density at radius 3 is 2.79 bits per heavy atom. The molecule has 1 heterocycles. The second kappa shape index (κ2) is 6.66. The molecule has 1 N–H and O–H groups in total. The minimum absolute atomic E-state index is 0.174. The van der Waals surface area contributed by atoms with E-state index in [4.69, 9.17) is 5.26 Å². The SMILES string of the molecule is CC(C)N(C)CCNc1ccc([N+](=O)[O-])c(C#N)n1. The van der Waals surface area contributed by atoms with E-state index in [1.807, 2.05) is 7.05 Å². The molecule has 1 aromatic rings. The average Bonchev–Trinajstić information content (AvgIpc) is 2.37. The van der Waals surface area contributed by atoms with Crippen molar-refractivity contribution in [3.8, 4) is 6.07 Å². The zero-order valence-electron chi connectivity index (χ0n) is 11.3. The fourth-order valence-electron chi connectivity index (χ4n) is 1.40. The zero-order chi connectivity index (χ0) is 14.4. The van der Waals surface area contributed by atoms with Gasteiger partial charge in [0.2, 0.25) is 5.69 Å². The van der Waals surface area contributed by atoms with E-state index in [1.54, 1.807) is 6.07 Å². The second-order valence-corrected chi connectivity index (χ2v) is 4.43. The summed E-state index contributed by atoms with van der Waals surface area (Å²) in [6, 6.07) is 4.98. The smallest absolute Gasteiger partial charge is 0.305 e. The molecule has 0 saturated carbocycles. The lowest BCUT2D eigenvalue weighted by Gasteiger charge is -2.20. The van der Waals surface area contributed by atoms with Crippen LogP contribution in [0.2, 0.25) is 0 Å². The summed E-state index contributed by atoms with van der Waals surface area (Å²) in [5.74, 6) is 0.472. The second-order valence-electron chi connectivity index (χ2n) is 4.43. The first-order valence-corrected chi connectivity index (χ1v) is 5.95. The van der Waals surface area contributed by atoms with E-state index in [2.05, 4.69) is 29.0 Å². The van der Waals surface area contributed by atoms with E-state index in [0.717, 1.165) is 6.54 Å². The molecule has 0 radical (unpaired) electrons. The van der Waals surface area contributed by atoms with Crippen LogP contribution in [-0.2, 0) is 0 Å². The largest absolute Gasteiger partial charge is 0.369 e. The van der Waals surface area contributed by atoms with Crippen LogP contribution in [0.3, 0.4) is 0 Å². The molecular weight excluding hydrogens is 246 g/mol. The van der Waals surface area contributed by atoms with Crippen molar-refractivity contribution in [3.05, 3.63) is 27.9 Å². The molecule has 0 bridgehead atoms. The number of nitrogens with one attached hydrogen (secondary N) is 1. The maximum Gasteiger partial charge on any atom is 0.305 e. The van der Waals surface area contributed by atoms with Gasteiger partial charge in [0.25, 0.3) is 0 Å². The first-order valence-electron chi connectivity index (χ1n) is 5.95.